The highest BCUT2D eigenvalue weighted by molar-refractivity contribution is 5.97. The van der Waals surface area contributed by atoms with E-state index in [1.807, 2.05) is 40.1 Å². The summed E-state index contributed by atoms with van der Waals surface area (Å²) in [6.07, 6.45) is 8.11. The summed E-state index contributed by atoms with van der Waals surface area (Å²) in [5.41, 5.74) is 1.61. The molecule has 1 amide bonds. The van der Waals surface area contributed by atoms with Crippen LogP contribution in [0, 0.1) is 5.41 Å². The molecule has 5 nitrogen and oxygen atoms in total. The summed E-state index contributed by atoms with van der Waals surface area (Å²) in [5, 5.41) is 10.2. The van der Waals surface area contributed by atoms with Crippen molar-refractivity contribution in [1.82, 2.24) is 9.47 Å². The lowest BCUT2D eigenvalue weighted by molar-refractivity contribution is -0.0175. The van der Waals surface area contributed by atoms with Gasteiger partial charge in [0.15, 0.2) is 0 Å². The molecule has 132 valence electrons. The summed E-state index contributed by atoms with van der Waals surface area (Å²) in [6, 6.07) is 9.07. The van der Waals surface area contributed by atoms with E-state index in [4.69, 9.17) is 4.74 Å². The highest BCUT2D eigenvalue weighted by Crippen LogP contribution is 2.41. The van der Waals surface area contributed by atoms with Crippen LogP contribution in [0.5, 0.6) is 5.75 Å². The number of ether oxygens (including phenoxy) is 1. The van der Waals surface area contributed by atoms with Crippen LogP contribution in [-0.2, 0) is 4.74 Å². The second-order valence-electron chi connectivity index (χ2n) is 7.20. The summed E-state index contributed by atoms with van der Waals surface area (Å²) < 4.78 is 7.42. The number of likely N-dealkylation sites (tertiary alicyclic amines) is 1. The van der Waals surface area contributed by atoms with E-state index >= 15 is 0 Å². The molecule has 0 atom stereocenters. The maximum atomic E-state index is 12.9. The normalized spacial score (nSPS) is 19.9. The van der Waals surface area contributed by atoms with E-state index in [-0.39, 0.29) is 11.7 Å². The van der Waals surface area contributed by atoms with Crippen LogP contribution in [-0.4, -0.2) is 46.8 Å². The summed E-state index contributed by atoms with van der Waals surface area (Å²) >= 11 is 0. The zero-order valence-corrected chi connectivity index (χ0v) is 14.4. The molecule has 0 radical (unpaired) electrons. The molecule has 25 heavy (non-hydrogen) atoms. The Kier molecular flexibility index (Phi) is 4.25. The molecular weight excluding hydrogens is 316 g/mol. The number of rotatable bonds is 2. The molecule has 2 aliphatic heterocycles. The highest BCUT2D eigenvalue weighted by atomic mass is 16.5. The van der Waals surface area contributed by atoms with Gasteiger partial charge in [-0.1, -0.05) is 0 Å². The number of hydrogen-bond acceptors (Lipinski definition) is 3. The molecule has 2 aliphatic rings. The van der Waals surface area contributed by atoms with Gasteiger partial charge in [-0.3, -0.25) is 4.79 Å². The Labute approximate surface area is 147 Å². The highest BCUT2D eigenvalue weighted by Gasteiger charge is 2.37. The van der Waals surface area contributed by atoms with Crippen LogP contribution in [0.15, 0.2) is 42.7 Å². The Morgan fingerprint density at radius 3 is 2.40 bits per heavy atom. The number of carbonyl (C=O) groups excluding carboxylic acids is 1. The second-order valence-corrected chi connectivity index (χ2v) is 7.20. The smallest absolute Gasteiger partial charge is 0.257 e. The van der Waals surface area contributed by atoms with Crippen molar-refractivity contribution in [3.63, 3.8) is 0 Å². The predicted octanol–water partition coefficient (Wildman–Crippen LogP) is 3.22. The molecule has 1 aromatic carbocycles. The quantitative estimate of drug-likeness (QED) is 0.913. The van der Waals surface area contributed by atoms with Gasteiger partial charge in [-0.05, 0) is 61.4 Å². The van der Waals surface area contributed by atoms with Crippen molar-refractivity contribution < 1.29 is 14.6 Å². The standard InChI is InChI=1S/C20H24N2O3/c23-18-4-3-16(21-9-1-2-10-21)15-17(18)19(24)22-11-5-20(6-12-22)7-13-25-14-8-20/h1-4,9-10,15,23H,5-8,11-14H2. The van der Waals surface area contributed by atoms with Crippen LogP contribution in [0.1, 0.15) is 36.0 Å². The minimum absolute atomic E-state index is 0.0484. The number of amides is 1. The van der Waals surface area contributed by atoms with Crippen molar-refractivity contribution in [2.24, 2.45) is 5.41 Å². The van der Waals surface area contributed by atoms with Crippen molar-refractivity contribution in [2.45, 2.75) is 25.7 Å². The fourth-order valence-electron chi connectivity index (χ4n) is 4.02. The number of phenols is 1. The van der Waals surface area contributed by atoms with Gasteiger partial charge >= 0.3 is 0 Å². The van der Waals surface area contributed by atoms with Gasteiger partial charge in [0, 0.05) is 44.4 Å². The van der Waals surface area contributed by atoms with Crippen LogP contribution in [0.2, 0.25) is 0 Å². The number of carbonyl (C=O) groups is 1. The molecule has 0 aliphatic carbocycles. The van der Waals surface area contributed by atoms with Crippen LogP contribution in [0.25, 0.3) is 5.69 Å². The van der Waals surface area contributed by atoms with Crippen molar-refractivity contribution in [3.05, 3.63) is 48.3 Å². The fraction of sp³-hybridized carbons (Fsp3) is 0.450. The SMILES string of the molecule is O=C(c1cc(-n2cccc2)ccc1O)N1CCC2(CCOCC2)CC1. The van der Waals surface area contributed by atoms with Gasteiger partial charge in [0.25, 0.3) is 5.91 Å². The summed E-state index contributed by atoms with van der Waals surface area (Å²) in [5.74, 6) is -0.0272. The third-order valence-corrected chi connectivity index (χ3v) is 5.78. The molecule has 0 unspecified atom stereocenters. The van der Waals surface area contributed by atoms with Crippen LogP contribution < -0.4 is 0 Å². The molecule has 0 saturated carbocycles. The number of hydrogen-bond donors (Lipinski definition) is 1. The molecule has 1 N–H and O–H groups in total. The van der Waals surface area contributed by atoms with E-state index in [1.54, 1.807) is 12.1 Å². The van der Waals surface area contributed by atoms with Gasteiger partial charge in [0.05, 0.1) is 5.56 Å². The van der Waals surface area contributed by atoms with Crippen LogP contribution >= 0.6 is 0 Å². The van der Waals surface area contributed by atoms with Crippen molar-refractivity contribution in [1.29, 1.82) is 0 Å². The third kappa shape index (κ3) is 3.16. The molecule has 3 heterocycles. The lowest BCUT2D eigenvalue weighted by Crippen LogP contribution is -2.45. The topological polar surface area (TPSA) is 54.7 Å². The van der Waals surface area contributed by atoms with E-state index in [1.165, 1.54) is 0 Å². The third-order valence-electron chi connectivity index (χ3n) is 5.78. The average Bonchev–Trinajstić information content (AvgIpc) is 3.18. The minimum Gasteiger partial charge on any atom is -0.507 e. The van der Waals surface area contributed by atoms with Crippen molar-refractivity contribution in [3.8, 4) is 11.4 Å². The zero-order valence-electron chi connectivity index (χ0n) is 14.4. The lowest BCUT2D eigenvalue weighted by Gasteiger charge is -2.44. The summed E-state index contributed by atoms with van der Waals surface area (Å²) in [4.78, 5) is 14.8. The Bertz CT molecular complexity index is 738. The molecular formula is C20H24N2O3. The fourth-order valence-corrected chi connectivity index (χ4v) is 4.02. The molecule has 0 bridgehead atoms. The number of phenolic OH excluding ortho intramolecular Hbond substituents is 1. The van der Waals surface area contributed by atoms with E-state index in [0.29, 0.717) is 11.0 Å². The Balaban J connectivity index is 1.50. The lowest BCUT2D eigenvalue weighted by atomic mass is 9.72. The molecule has 4 rings (SSSR count). The second kappa shape index (κ2) is 6.56. The maximum Gasteiger partial charge on any atom is 0.257 e. The summed E-state index contributed by atoms with van der Waals surface area (Å²) in [6.45, 7) is 3.19. The number of piperidine rings is 1. The first-order valence-corrected chi connectivity index (χ1v) is 9.00. The molecule has 2 fully saturated rings. The van der Waals surface area contributed by atoms with Gasteiger partial charge in [-0.25, -0.2) is 0 Å². The minimum atomic E-state index is -0.0755. The Morgan fingerprint density at radius 1 is 1.04 bits per heavy atom. The monoisotopic (exact) mass is 340 g/mol. The molecule has 5 heteroatoms. The van der Waals surface area contributed by atoms with Gasteiger partial charge < -0.3 is 19.3 Å². The Morgan fingerprint density at radius 2 is 1.72 bits per heavy atom. The number of nitrogens with zero attached hydrogens (tertiary/aromatic N) is 2. The number of benzene rings is 1. The molecule has 1 spiro atoms. The van der Waals surface area contributed by atoms with E-state index < -0.39 is 0 Å². The van der Waals surface area contributed by atoms with Crippen LogP contribution in [0.3, 0.4) is 0 Å². The van der Waals surface area contributed by atoms with Crippen LogP contribution in [0.4, 0.5) is 0 Å². The van der Waals surface area contributed by atoms with Crippen molar-refractivity contribution in [2.75, 3.05) is 26.3 Å². The van der Waals surface area contributed by atoms with Gasteiger partial charge in [0.2, 0.25) is 0 Å². The Hall–Kier alpha value is -2.27. The maximum absolute atomic E-state index is 12.9. The van der Waals surface area contributed by atoms with Gasteiger partial charge in [-0.15, -0.1) is 0 Å². The van der Waals surface area contributed by atoms with E-state index in [2.05, 4.69) is 0 Å². The number of aromatic nitrogens is 1. The first-order valence-electron chi connectivity index (χ1n) is 9.00. The average molecular weight is 340 g/mol. The summed E-state index contributed by atoms with van der Waals surface area (Å²) in [7, 11) is 0. The molecule has 2 saturated heterocycles. The first kappa shape index (κ1) is 16.2. The molecule has 2 aromatic rings. The zero-order chi connectivity index (χ0) is 17.3. The predicted molar refractivity (Wildman–Crippen MR) is 95.1 cm³/mol. The van der Waals surface area contributed by atoms with E-state index in [9.17, 15) is 9.90 Å². The van der Waals surface area contributed by atoms with Gasteiger partial charge in [-0.2, -0.15) is 0 Å². The first-order chi connectivity index (χ1) is 12.2. The number of aromatic hydroxyl groups is 1. The molecule has 1 aromatic heterocycles. The van der Waals surface area contributed by atoms with Gasteiger partial charge in [0.1, 0.15) is 5.75 Å². The largest absolute Gasteiger partial charge is 0.507 e. The van der Waals surface area contributed by atoms with E-state index in [0.717, 1.165) is 57.7 Å². The van der Waals surface area contributed by atoms with Crippen molar-refractivity contribution >= 4 is 5.91 Å².